The maximum atomic E-state index is 11.3. The van der Waals surface area contributed by atoms with Gasteiger partial charge in [0.1, 0.15) is 0 Å². The zero-order valence-corrected chi connectivity index (χ0v) is 11.0. The molecule has 2 N–H and O–H groups in total. The van der Waals surface area contributed by atoms with Gasteiger partial charge in [0.05, 0.1) is 4.92 Å². The molecule has 0 aliphatic carbocycles. The Balaban J connectivity index is 2.27. The van der Waals surface area contributed by atoms with E-state index in [4.69, 9.17) is 0 Å². The summed E-state index contributed by atoms with van der Waals surface area (Å²) in [7, 11) is 0. The molecule has 1 rings (SSSR count). The number of rotatable bonds is 8. The topological polar surface area (TPSA) is 84.3 Å². The normalized spacial score (nSPS) is 10.2. The Morgan fingerprint density at radius 2 is 2.16 bits per heavy atom. The van der Waals surface area contributed by atoms with Crippen molar-refractivity contribution in [1.29, 1.82) is 0 Å². The number of nitrogens with zero attached hydrogens (tertiary/aromatic N) is 1. The molecule has 0 unspecified atom stereocenters. The van der Waals surface area contributed by atoms with Crippen molar-refractivity contribution in [3.8, 4) is 0 Å². The zero-order valence-electron chi connectivity index (χ0n) is 11.0. The van der Waals surface area contributed by atoms with Gasteiger partial charge in [0.25, 0.3) is 5.69 Å². The SMILES string of the molecule is CCCNC(=O)CCNCc1cccc([N+](=O)[O-])c1. The van der Waals surface area contributed by atoms with Crippen LogP contribution in [0.3, 0.4) is 0 Å². The molecule has 0 aliphatic heterocycles. The highest BCUT2D eigenvalue weighted by Gasteiger charge is 2.05. The van der Waals surface area contributed by atoms with Crippen molar-refractivity contribution in [1.82, 2.24) is 10.6 Å². The molecule has 6 nitrogen and oxygen atoms in total. The van der Waals surface area contributed by atoms with Gasteiger partial charge in [-0.25, -0.2) is 0 Å². The predicted molar refractivity (Wildman–Crippen MR) is 72.7 cm³/mol. The van der Waals surface area contributed by atoms with E-state index in [0.29, 0.717) is 26.1 Å². The number of non-ortho nitro benzene ring substituents is 1. The highest BCUT2D eigenvalue weighted by atomic mass is 16.6. The van der Waals surface area contributed by atoms with Crippen molar-refractivity contribution in [2.24, 2.45) is 0 Å². The molecule has 0 atom stereocenters. The van der Waals surface area contributed by atoms with Crippen molar-refractivity contribution in [2.75, 3.05) is 13.1 Å². The van der Waals surface area contributed by atoms with Gasteiger partial charge in [0, 0.05) is 38.2 Å². The van der Waals surface area contributed by atoms with Crippen LogP contribution in [0.4, 0.5) is 5.69 Å². The summed E-state index contributed by atoms with van der Waals surface area (Å²) in [6.07, 6.45) is 1.34. The fourth-order valence-electron chi connectivity index (χ4n) is 1.57. The molecule has 0 bridgehead atoms. The first-order chi connectivity index (χ1) is 9.13. The summed E-state index contributed by atoms with van der Waals surface area (Å²) in [4.78, 5) is 21.5. The van der Waals surface area contributed by atoms with Gasteiger partial charge in [-0.2, -0.15) is 0 Å². The molecule has 1 aromatic carbocycles. The Labute approximate surface area is 112 Å². The van der Waals surface area contributed by atoms with Gasteiger partial charge in [-0.3, -0.25) is 14.9 Å². The molecular weight excluding hydrogens is 246 g/mol. The third-order valence-corrected chi connectivity index (χ3v) is 2.55. The number of carbonyl (C=O) groups excluding carboxylic acids is 1. The first-order valence-corrected chi connectivity index (χ1v) is 6.34. The Bertz CT molecular complexity index is 435. The molecule has 1 amide bonds. The fraction of sp³-hybridized carbons (Fsp3) is 0.462. The minimum atomic E-state index is -0.415. The maximum absolute atomic E-state index is 11.3. The van der Waals surface area contributed by atoms with Gasteiger partial charge in [-0.1, -0.05) is 19.1 Å². The number of nitrogens with one attached hydrogen (secondary N) is 2. The van der Waals surface area contributed by atoms with Crippen LogP contribution in [0.25, 0.3) is 0 Å². The van der Waals surface area contributed by atoms with E-state index in [1.165, 1.54) is 12.1 Å². The molecule has 19 heavy (non-hydrogen) atoms. The van der Waals surface area contributed by atoms with E-state index in [1.54, 1.807) is 6.07 Å². The third-order valence-electron chi connectivity index (χ3n) is 2.55. The fourth-order valence-corrected chi connectivity index (χ4v) is 1.57. The summed E-state index contributed by atoms with van der Waals surface area (Å²) in [5.74, 6) is 0.0217. The summed E-state index contributed by atoms with van der Waals surface area (Å²) in [6.45, 7) is 3.77. The zero-order chi connectivity index (χ0) is 14.1. The molecule has 0 fully saturated rings. The number of hydrogen-bond acceptors (Lipinski definition) is 4. The van der Waals surface area contributed by atoms with Crippen LogP contribution in [0.1, 0.15) is 25.3 Å². The van der Waals surface area contributed by atoms with Crippen LogP contribution >= 0.6 is 0 Å². The van der Waals surface area contributed by atoms with Crippen LogP contribution in [0.15, 0.2) is 24.3 Å². The lowest BCUT2D eigenvalue weighted by Gasteiger charge is -2.05. The lowest BCUT2D eigenvalue weighted by molar-refractivity contribution is -0.384. The van der Waals surface area contributed by atoms with Crippen LogP contribution in [-0.2, 0) is 11.3 Å². The summed E-state index contributed by atoms with van der Waals surface area (Å²) in [5.41, 5.74) is 0.920. The molecule has 0 saturated heterocycles. The molecule has 6 heteroatoms. The molecule has 104 valence electrons. The molecular formula is C13H19N3O3. The standard InChI is InChI=1S/C13H19N3O3/c1-2-7-15-13(17)6-8-14-10-11-4-3-5-12(9-11)16(18)19/h3-5,9,14H,2,6-8,10H2,1H3,(H,15,17). The van der Waals surface area contributed by atoms with Crippen LogP contribution in [-0.4, -0.2) is 23.9 Å². The summed E-state index contributed by atoms with van der Waals surface area (Å²) in [6, 6.07) is 6.46. The maximum Gasteiger partial charge on any atom is 0.269 e. The van der Waals surface area contributed by atoms with E-state index in [-0.39, 0.29) is 11.6 Å². The van der Waals surface area contributed by atoms with Gasteiger partial charge < -0.3 is 10.6 Å². The second-order valence-electron chi connectivity index (χ2n) is 4.20. The quantitative estimate of drug-likeness (QED) is 0.425. The lowest BCUT2D eigenvalue weighted by atomic mass is 10.2. The first kappa shape index (κ1) is 15.1. The van der Waals surface area contributed by atoms with Crippen molar-refractivity contribution in [2.45, 2.75) is 26.3 Å². The number of nitro groups is 1. The number of hydrogen-bond donors (Lipinski definition) is 2. The van der Waals surface area contributed by atoms with Gasteiger partial charge in [0.2, 0.25) is 5.91 Å². The number of benzene rings is 1. The Kier molecular flexibility index (Phi) is 6.52. The van der Waals surface area contributed by atoms with E-state index in [1.807, 2.05) is 13.0 Å². The second-order valence-corrected chi connectivity index (χ2v) is 4.20. The average molecular weight is 265 g/mol. The number of carbonyl (C=O) groups is 1. The van der Waals surface area contributed by atoms with Crippen molar-refractivity contribution in [3.05, 3.63) is 39.9 Å². The van der Waals surface area contributed by atoms with Crippen LogP contribution < -0.4 is 10.6 Å². The lowest BCUT2D eigenvalue weighted by Crippen LogP contribution is -2.28. The minimum absolute atomic E-state index is 0.0217. The summed E-state index contributed by atoms with van der Waals surface area (Å²) in [5, 5.41) is 16.5. The largest absolute Gasteiger partial charge is 0.356 e. The van der Waals surface area contributed by atoms with E-state index < -0.39 is 4.92 Å². The molecule has 0 saturated carbocycles. The summed E-state index contributed by atoms with van der Waals surface area (Å²) < 4.78 is 0. The van der Waals surface area contributed by atoms with Gasteiger partial charge in [-0.15, -0.1) is 0 Å². The molecule has 1 aromatic rings. The first-order valence-electron chi connectivity index (χ1n) is 6.34. The molecule has 0 spiro atoms. The van der Waals surface area contributed by atoms with Crippen LogP contribution in [0, 0.1) is 10.1 Å². The Morgan fingerprint density at radius 1 is 1.37 bits per heavy atom. The minimum Gasteiger partial charge on any atom is -0.356 e. The monoisotopic (exact) mass is 265 g/mol. The van der Waals surface area contributed by atoms with Gasteiger partial charge in [-0.05, 0) is 12.0 Å². The highest BCUT2D eigenvalue weighted by Crippen LogP contribution is 2.12. The van der Waals surface area contributed by atoms with Crippen LogP contribution in [0.5, 0.6) is 0 Å². The number of amides is 1. The van der Waals surface area contributed by atoms with Gasteiger partial charge >= 0.3 is 0 Å². The number of nitro benzene ring substituents is 1. The van der Waals surface area contributed by atoms with E-state index in [9.17, 15) is 14.9 Å². The third kappa shape index (κ3) is 5.96. The predicted octanol–water partition coefficient (Wildman–Crippen LogP) is 1.60. The average Bonchev–Trinajstić information content (AvgIpc) is 2.41. The second kappa shape index (κ2) is 8.20. The van der Waals surface area contributed by atoms with E-state index in [2.05, 4.69) is 10.6 Å². The smallest absolute Gasteiger partial charge is 0.269 e. The van der Waals surface area contributed by atoms with E-state index in [0.717, 1.165) is 12.0 Å². The van der Waals surface area contributed by atoms with Crippen molar-refractivity contribution in [3.63, 3.8) is 0 Å². The Hall–Kier alpha value is -1.95. The van der Waals surface area contributed by atoms with Gasteiger partial charge in [0.15, 0.2) is 0 Å². The highest BCUT2D eigenvalue weighted by molar-refractivity contribution is 5.75. The molecule has 0 radical (unpaired) electrons. The molecule has 0 heterocycles. The molecule has 0 aliphatic rings. The van der Waals surface area contributed by atoms with Crippen molar-refractivity contribution >= 4 is 11.6 Å². The van der Waals surface area contributed by atoms with Crippen molar-refractivity contribution < 1.29 is 9.72 Å². The van der Waals surface area contributed by atoms with E-state index >= 15 is 0 Å². The van der Waals surface area contributed by atoms with Crippen LogP contribution in [0.2, 0.25) is 0 Å². The Morgan fingerprint density at radius 3 is 2.84 bits per heavy atom. The molecule has 0 aromatic heterocycles. The summed E-state index contributed by atoms with van der Waals surface area (Å²) >= 11 is 0.